The summed E-state index contributed by atoms with van der Waals surface area (Å²) in [6, 6.07) is 0. The minimum atomic E-state index is -2.39. The van der Waals surface area contributed by atoms with E-state index < -0.39 is 41.7 Å². The molecule has 0 aromatic carbocycles. The van der Waals surface area contributed by atoms with E-state index in [4.69, 9.17) is 5.48 Å². The predicted molar refractivity (Wildman–Crippen MR) is 57.3 cm³/mol. The summed E-state index contributed by atoms with van der Waals surface area (Å²) in [5, 5.41) is 0. The number of rotatable bonds is 1. The van der Waals surface area contributed by atoms with Crippen LogP contribution < -0.4 is 0 Å². The van der Waals surface area contributed by atoms with Crippen molar-refractivity contribution >= 4 is 11.8 Å². The molecule has 0 aliphatic heterocycles. The Hall–Kier alpha value is -0.860. The monoisotopic (exact) mass is 216 g/mol. The number of ether oxygens (including phenoxy) is 1. The minimum absolute atomic E-state index is 0.333. The molecule has 0 aromatic rings. The van der Waals surface area contributed by atoms with Gasteiger partial charge in [-0.2, -0.15) is 0 Å². The summed E-state index contributed by atoms with van der Waals surface area (Å²) in [6.07, 6.45) is -5.07. The minimum Gasteiger partial charge on any atom is -0.469 e. The van der Waals surface area contributed by atoms with Gasteiger partial charge < -0.3 is 4.74 Å². The van der Waals surface area contributed by atoms with E-state index in [-0.39, 0.29) is 6.42 Å². The van der Waals surface area contributed by atoms with Crippen molar-refractivity contribution in [2.45, 2.75) is 39.9 Å². The highest BCUT2D eigenvalue weighted by molar-refractivity contribution is 5.83. The van der Waals surface area contributed by atoms with Crippen LogP contribution in [0.5, 0.6) is 0 Å². The van der Waals surface area contributed by atoms with Gasteiger partial charge >= 0.3 is 5.97 Å². The summed E-state index contributed by atoms with van der Waals surface area (Å²) >= 11 is 0. The summed E-state index contributed by atoms with van der Waals surface area (Å²) < 4.78 is 35.9. The molecule has 1 aliphatic rings. The lowest BCUT2D eigenvalue weighted by atomic mass is 9.66. The topological polar surface area (TPSA) is 43.4 Å². The Bertz CT molecular complexity index is 398. The molecule has 0 unspecified atom stereocenters. The fraction of sp³-hybridized carbons (Fsp3) is 0.833. The molecule has 1 aliphatic carbocycles. The van der Waals surface area contributed by atoms with Crippen molar-refractivity contribution in [2.75, 3.05) is 7.11 Å². The second-order valence-electron chi connectivity index (χ2n) is 4.83. The van der Waals surface area contributed by atoms with Crippen LogP contribution in [-0.4, -0.2) is 18.9 Å². The number of hydrogen-bond acceptors (Lipinski definition) is 3. The third-order valence-electron chi connectivity index (χ3n) is 2.61. The van der Waals surface area contributed by atoms with Gasteiger partial charge in [-0.15, -0.1) is 0 Å². The molecule has 0 N–H and O–H groups in total. The number of ketones is 1. The largest absolute Gasteiger partial charge is 0.469 e. The van der Waals surface area contributed by atoms with Crippen molar-refractivity contribution in [2.24, 2.45) is 17.3 Å². The van der Waals surface area contributed by atoms with Crippen LogP contribution in [0.4, 0.5) is 0 Å². The maximum Gasteiger partial charge on any atom is 0.308 e. The highest BCUT2D eigenvalue weighted by Crippen LogP contribution is 2.41. The van der Waals surface area contributed by atoms with Crippen LogP contribution in [-0.2, 0) is 14.3 Å². The quantitative estimate of drug-likeness (QED) is 0.631. The van der Waals surface area contributed by atoms with Crippen LogP contribution in [0.15, 0.2) is 0 Å². The fourth-order valence-electron chi connectivity index (χ4n) is 1.80. The van der Waals surface area contributed by atoms with Crippen LogP contribution in [0, 0.1) is 17.3 Å². The van der Waals surface area contributed by atoms with E-state index in [2.05, 4.69) is 4.74 Å². The molecule has 0 bridgehead atoms. The molecular weight excluding hydrogens is 192 g/mol. The molecule has 0 spiro atoms. The molecule has 86 valence electrons. The Kier molecular flexibility index (Phi) is 2.14. The van der Waals surface area contributed by atoms with E-state index in [0.29, 0.717) is 0 Å². The number of Topliss-reactive ketones (excluding diaryl/α,β-unsaturated/α-hetero) is 1. The van der Waals surface area contributed by atoms with Crippen LogP contribution in [0.3, 0.4) is 0 Å². The maximum absolute atomic E-state index is 12.0. The van der Waals surface area contributed by atoms with Crippen LogP contribution in [0.1, 0.15) is 45.4 Å². The predicted octanol–water partition coefficient (Wildman–Crippen LogP) is 2.19. The van der Waals surface area contributed by atoms with Gasteiger partial charge in [0.2, 0.25) is 0 Å². The van der Waals surface area contributed by atoms with Gasteiger partial charge in [0.15, 0.2) is 0 Å². The molecule has 0 saturated heterocycles. The lowest BCUT2D eigenvalue weighted by molar-refractivity contribution is -0.152. The zero-order valence-corrected chi connectivity index (χ0v) is 9.59. The van der Waals surface area contributed by atoms with Crippen LogP contribution in [0.25, 0.3) is 0 Å². The second-order valence-corrected chi connectivity index (χ2v) is 4.83. The Morgan fingerprint density at radius 2 is 2.13 bits per heavy atom. The summed E-state index contributed by atoms with van der Waals surface area (Å²) in [5.41, 5.74) is -0.658. The summed E-state index contributed by atoms with van der Waals surface area (Å²) in [4.78, 5) is 23.8. The average molecular weight is 216 g/mol. The van der Waals surface area contributed by atoms with E-state index in [9.17, 15) is 9.59 Å². The molecule has 1 fully saturated rings. The average Bonchev–Trinajstić information content (AvgIpc) is 2.21. The SMILES string of the molecule is [2H]C1([2H])C[C@H](C(=O)OC)[C@@H](C(C)(C)C)C([2H])([2H])C1=O. The number of esters is 1. The van der Waals surface area contributed by atoms with Crippen molar-refractivity contribution in [1.82, 2.24) is 0 Å². The van der Waals surface area contributed by atoms with Gasteiger partial charge in [-0.3, -0.25) is 9.59 Å². The van der Waals surface area contributed by atoms with Crippen molar-refractivity contribution in [3.8, 4) is 0 Å². The number of methoxy groups -OCH3 is 1. The fourth-order valence-corrected chi connectivity index (χ4v) is 1.80. The molecule has 0 amide bonds. The van der Waals surface area contributed by atoms with Gasteiger partial charge in [-0.1, -0.05) is 20.8 Å². The van der Waals surface area contributed by atoms with Crippen LogP contribution >= 0.6 is 0 Å². The van der Waals surface area contributed by atoms with Crippen molar-refractivity contribution in [3.63, 3.8) is 0 Å². The molecule has 3 nitrogen and oxygen atoms in total. The van der Waals surface area contributed by atoms with Gasteiger partial charge in [0, 0.05) is 18.2 Å². The normalized spacial score (nSPS) is 38.3. The summed E-state index contributed by atoms with van der Waals surface area (Å²) in [5.74, 6) is -3.63. The van der Waals surface area contributed by atoms with Crippen molar-refractivity contribution in [3.05, 3.63) is 0 Å². The van der Waals surface area contributed by atoms with Gasteiger partial charge in [-0.25, -0.2) is 0 Å². The molecule has 15 heavy (non-hydrogen) atoms. The maximum atomic E-state index is 12.0. The highest BCUT2D eigenvalue weighted by atomic mass is 16.5. The van der Waals surface area contributed by atoms with Gasteiger partial charge in [0.05, 0.1) is 13.0 Å². The first-order valence-corrected chi connectivity index (χ1v) is 4.98. The Labute approximate surface area is 96.8 Å². The van der Waals surface area contributed by atoms with Crippen molar-refractivity contribution < 1.29 is 19.8 Å². The molecule has 0 radical (unpaired) electrons. The lowest BCUT2D eigenvalue weighted by Gasteiger charge is -2.38. The molecule has 2 atom stereocenters. The van der Waals surface area contributed by atoms with Gasteiger partial charge in [0.1, 0.15) is 5.78 Å². The third kappa shape index (κ3) is 2.80. The standard InChI is InChI=1S/C12H20O3/c1-12(2,3)10-7-8(13)5-6-9(10)11(14)15-4/h9-10H,5-7H2,1-4H3/t9-,10-/m0/s1/i5D2,7D2. The summed E-state index contributed by atoms with van der Waals surface area (Å²) in [7, 11) is 1.18. The molecule has 0 heterocycles. The Balaban J connectivity index is 3.36. The number of hydrogen-bond donors (Lipinski definition) is 0. The lowest BCUT2D eigenvalue weighted by Crippen LogP contribution is -2.39. The first-order valence-electron chi connectivity index (χ1n) is 6.98. The molecule has 1 saturated carbocycles. The second kappa shape index (κ2) is 4.33. The molecule has 3 heteroatoms. The van der Waals surface area contributed by atoms with Crippen LogP contribution in [0.2, 0.25) is 0 Å². The van der Waals surface area contributed by atoms with E-state index in [1.165, 1.54) is 7.11 Å². The zero-order valence-electron chi connectivity index (χ0n) is 13.6. The van der Waals surface area contributed by atoms with E-state index in [0.717, 1.165) is 0 Å². The zero-order chi connectivity index (χ0) is 15.2. The van der Waals surface area contributed by atoms with Gasteiger partial charge in [0.25, 0.3) is 0 Å². The smallest absolute Gasteiger partial charge is 0.308 e. The van der Waals surface area contributed by atoms with Gasteiger partial charge in [-0.05, 0) is 17.8 Å². The molecular formula is C12H20O3. The first kappa shape index (κ1) is 7.42. The Morgan fingerprint density at radius 3 is 2.60 bits per heavy atom. The number of carbonyl (C=O) groups is 2. The first-order chi connectivity index (χ1) is 8.35. The molecule has 0 aromatic heterocycles. The highest BCUT2D eigenvalue weighted by Gasteiger charge is 2.41. The third-order valence-corrected chi connectivity index (χ3v) is 2.61. The van der Waals surface area contributed by atoms with E-state index in [1.54, 1.807) is 20.8 Å². The molecule has 1 rings (SSSR count). The number of carbonyl (C=O) groups excluding carboxylic acids is 2. The van der Waals surface area contributed by atoms with E-state index >= 15 is 0 Å². The Morgan fingerprint density at radius 1 is 1.53 bits per heavy atom. The summed E-state index contributed by atoms with van der Waals surface area (Å²) in [6.45, 7) is 5.21. The van der Waals surface area contributed by atoms with Crippen molar-refractivity contribution in [1.29, 1.82) is 0 Å². The van der Waals surface area contributed by atoms with E-state index in [1.807, 2.05) is 0 Å².